The maximum Gasteiger partial charge on any atom is 0.230 e. The van der Waals surface area contributed by atoms with E-state index in [1.54, 1.807) is 0 Å². The molecule has 128 valence electrons. The topological polar surface area (TPSA) is 41.1 Å². The first-order chi connectivity index (χ1) is 10.6. The van der Waals surface area contributed by atoms with E-state index >= 15 is 0 Å². The van der Waals surface area contributed by atoms with Gasteiger partial charge in [0.05, 0.1) is 5.41 Å². The van der Waals surface area contributed by atoms with Crippen LogP contribution < -0.4 is 10.6 Å². The molecule has 3 nitrogen and oxygen atoms in total. The Bertz CT molecular complexity index is 546. The number of hydrogen-bond donors (Lipinski definition) is 2. The average Bonchev–Trinajstić information content (AvgIpc) is 3.00. The molecular formula is C18H26BrClN2O. The van der Waals surface area contributed by atoms with E-state index in [1.165, 1.54) is 5.56 Å². The first-order valence-corrected chi connectivity index (χ1v) is 9.19. The predicted octanol–water partition coefficient (Wildman–Crippen LogP) is 3.80. The standard InChI is InChI=1S/C18H25BrN2O.ClH/c1-13-12-20-10-7-16(13)21-17(22)18(8-2-3-9-18)14-5-4-6-15(19)11-14;/h4-6,11,13,16,20H,2-3,7-10,12H2,1H3,(H,21,22);1H. The summed E-state index contributed by atoms with van der Waals surface area (Å²) in [6, 6.07) is 8.61. The van der Waals surface area contributed by atoms with E-state index in [4.69, 9.17) is 0 Å². The van der Waals surface area contributed by atoms with Crippen LogP contribution in [-0.2, 0) is 10.2 Å². The molecule has 2 aliphatic rings. The van der Waals surface area contributed by atoms with Crippen molar-refractivity contribution in [3.8, 4) is 0 Å². The lowest BCUT2D eigenvalue weighted by Crippen LogP contribution is -2.53. The van der Waals surface area contributed by atoms with Crippen molar-refractivity contribution >= 4 is 34.2 Å². The molecule has 1 aliphatic carbocycles. The van der Waals surface area contributed by atoms with Gasteiger partial charge >= 0.3 is 0 Å². The van der Waals surface area contributed by atoms with Crippen LogP contribution in [-0.4, -0.2) is 25.0 Å². The molecule has 1 heterocycles. The Morgan fingerprint density at radius 2 is 2.09 bits per heavy atom. The van der Waals surface area contributed by atoms with Gasteiger partial charge in [0.1, 0.15) is 0 Å². The highest BCUT2D eigenvalue weighted by Gasteiger charge is 2.43. The normalized spacial score (nSPS) is 26.3. The molecule has 0 radical (unpaired) electrons. The predicted molar refractivity (Wildman–Crippen MR) is 100 cm³/mol. The number of rotatable bonds is 3. The lowest BCUT2D eigenvalue weighted by Gasteiger charge is -2.35. The molecule has 1 aliphatic heterocycles. The third kappa shape index (κ3) is 3.92. The Balaban J connectivity index is 0.00000192. The number of carbonyl (C=O) groups excluding carboxylic acids is 1. The van der Waals surface area contributed by atoms with Gasteiger partial charge in [0.25, 0.3) is 0 Å². The third-order valence-electron chi connectivity index (χ3n) is 5.37. The Labute approximate surface area is 153 Å². The minimum atomic E-state index is -0.325. The number of piperidine rings is 1. The van der Waals surface area contributed by atoms with Crippen LogP contribution >= 0.6 is 28.3 Å². The van der Waals surface area contributed by atoms with Crippen molar-refractivity contribution in [3.63, 3.8) is 0 Å². The molecule has 2 fully saturated rings. The second-order valence-corrected chi connectivity index (χ2v) is 7.77. The van der Waals surface area contributed by atoms with Gasteiger partial charge in [-0.15, -0.1) is 12.4 Å². The third-order valence-corrected chi connectivity index (χ3v) is 5.86. The summed E-state index contributed by atoms with van der Waals surface area (Å²) in [6.07, 6.45) is 5.24. The van der Waals surface area contributed by atoms with Crippen molar-refractivity contribution in [1.82, 2.24) is 10.6 Å². The number of benzene rings is 1. The zero-order valence-electron chi connectivity index (χ0n) is 13.6. The lowest BCUT2D eigenvalue weighted by molar-refractivity contribution is -0.127. The van der Waals surface area contributed by atoms with Gasteiger partial charge in [-0.1, -0.05) is 47.8 Å². The van der Waals surface area contributed by atoms with Gasteiger partial charge in [-0.05, 0) is 56.0 Å². The van der Waals surface area contributed by atoms with E-state index in [9.17, 15) is 4.79 Å². The molecule has 23 heavy (non-hydrogen) atoms. The molecule has 2 N–H and O–H groups in total. The van der Waals surface area contributed by atoms with E-state index in [0.29, 0.717) is 12.0 Å². The van der Waals surface area contributed by atoms with E-state index in [1.807, 2.05) is 12.1 Å². The van der Waals surface area contributed by atoms with Gasteiger partial charge in [-0.25, -0.2) is 0 Å². The first kappa shape index (κ1) is 18.8. The van der Waals surface area contributed by atoms with Crippen LogP contribution in [0.4, 0.5) is 0 Å². The molecule has 1 saturated heterocycles. The highest BCUT2D eigenvalue weighted by molar-refractivity contribution is 9.10. The molecule has 1 aromatic rings. The fourth-order valence-corrected chi connectivity index (χ4v) is 4.35. The Kier molecular flexibility index (Phi) is 6.52. The molecule has 2 unspecified atom stereocenters. The summed E-state index contributed by atoms with van der Waals surface area (Å²) in [5.41, 5.74) is 0.840. The molecule has 3 rings (SSSR count). The molecular weight excluding hydrogens is 376 g/mol. The summed E-state index contributed by atoms with van der Waals surface area (Å²) in [5.74, 6) is 0.737. The number of hydrogen-bond acceptors (Lipinski definition) is 2. The Morgan fingerprint density at radius 3 is 2.74 bits per heavy atom. The molecule has 1 saturated carbocycles. The van der Waals surface area contributed by atoms with Crippen LogP contribution in [0.25, 0.3) is 0 Å². The van der Waals surface area contributed by atoms with Crippen molar-refractivity contribution in [1.29, 1.82) is 0 Å². The van der Waals surface area contributed by atoms with E-state index < -0.39 is 0 Å². The summed E-state index contributed by atoms with van der Waals surface area (Å²) in [7, 11) is 0. The molecule has 1 amide bonds. The zero-order chi connectivity index (χ0) is 15.6. The van der Waals surface area contributed by atoms with E-state index in [2.05, 4.69) is 45.6 Å². The summed E-state index contributed by atoms with van der Waals surface area (Å²) < 4.78 is 1.05. The number of amides is 1. The molecule has 0 aromatic heterocycles. The minimum Gasteiger partial charge on any atom is -0.352 e. The van der Waals surface area contributed by atoms with Crippen LogP contribution in [0.2, 0.25) is 0 Å². The van der Waals surface area contributed by atoms with Crippen LogP contribution in [0, 0.1) is 5.92 Å². The summed E-state index contributed by atoms with van der Waals surface area (Å²) in [4.78, 5) is 13.1. The van der Waals surface area contributed by atoms with Crippen molar-refractivity contribution < 1.29 is 4.79 Å². The second-order valence-electron chi connectivity index (χ2n) is 6.85. The fourth-order valence-electron chi connectivity index (χ4n) is 3.95. The van der Waals surface area contributed by atoms with Gasteiger partial charge in [-0.2, -0.15) is 0 Å². The smallest absolute Gasteiger partial charge is 0.230 e. The fraction of sp³-hybridized carbons (Fsp3) is 0.611. The number of nitrogens with one attached hydrogen (secondary N) is 2. The SMILES string of the molecule is CC1CNCCC1NC(=O)C1(c2cccc(Br)c2)CCCC1.Cl. The molecule has 2 atom stereocenters. The second kappa shape index (κ2) is 8.00. The van der Waals surface area contributed by atoms with Gasteiger partial charge < -0.3 is 10.6 Å². The largest absolute Gasteiger partial charge is 0.352 e. The summed E-state index contributed by atoms with van der Waals surface area (Å²) >= 11 is 3.55. The maximum absolute atomic E-state index is 13.1. The quantitative estimate of drug-likeness (QED) is 0.809. The maximum atomic E-state index is 13.1. The van der Waals surface area contributed by atoms with Crippen molar-refractivity contribution in [3.05, 3.63) is 34.3 Å². The lowest BCUT2D eigenvalue weighted by atomic mass is 9.77. The van der Waals surface area contributed by atoms with Crippen LogP contribution in [0.3, 0.4) is 0 Å². The van der Waals surface area contributed by atoms with Crippen LogP contribution in [0.5, 0.6) is 0 Å². The molecule has 0 bridgehead atoms. The highest BCUT2D eigenvalue weighted by atomic mass is 79.9. The van der Waals surface area contributed by atoms with Gasteiger partial charge in [0, 0.05) is 10.5 Å². The van der Waals surface area contributed by atoms with Crippen molar-refractivity contribution in [2.45, 2.75) is 50.5 Å². The Hall–Kier alpha value is -0.580. The molecule has 0 spiro atoms. The highest BCUT2D eigenvalue weighted by Crippen LogP contribution is 2.42. The Morgan fingerprint density at radius 1 is 1.35 bits per heavy atom. The first-order valence-electron chi connectivity index (χ1n) is 8.39. The van der Waals surface area contributed by atoms with Crippen molar-refractivity contribution in [2.24, 2.45) is 5.92 Å². The van der Waals surface area contributed by atoms with E-state index in [-0.39, 0.29) is 23.7 Å². The zero-order valence-corrected chi connectivity index (χ0v) is 16.0. The molecule has 5 heteroatoms. The molecule has 1 aromatic carbocycles. The minimum absolute atomic E-state index is 0. The van der Waals surface area contributed by atoms with E-state index in [0.717, 1.165) is 49.7 Å². The average molecular weight is 402 g/mol. The van der Waals surface area contributed by atoms with Gasteiger partial charge in [-0.3, -0.25) is 4.79 Å². The van der Waals surface area contributed by atoms with Crippen LogP contribution in [0.1, 0.15) is 44.6 Å². The monoisotopic (exact) mass is 400 g/mol. The van der Waals surface area contributed by atoms with Gasteiger partial charge in [0.2, 0.25) is 5.91 Å². The van der Waals surface area contributed by atoms with Crippen LogP contribution in [0.15, 0.2) is 28.7 Å². The number of carbonyl (C=O) groups is 1. The van der Waals surface area contributed by atoms with Crippen molar-refractivity contribution in [2.75, 3.05) is 13.1 Å². The summed E-state index contributed by atoms with van der Waals surface area (Å²) in [5, 5.41) is 6.77. The summed E-state index contributed by atoms with van der Waals surface area (Å²) in [6.45, 7) is 4.21. The number of halogens is 2. The van der Waals surface area contributed by atoms with Gasteiger partial charge in [0.15, 0.2) is 0 Å².